The molecule has 0 aliphatic heterocycles. The van der Waals surface area contributed by atoms with Crippen molar-refractivity contribution < 1.29 is 8.83 Å². The SMILES string of the molecule is c1ccc(N(c2ccccc2)c2ccc3oc4cc5cc6oc7ccc(N(c8ccccc8)c8ccccc8)cc7c6cc5cc4c3c2)cc1. The monoisotopic (exact) mass is 642 g/mol. The fourth-order valence-corrected chi connectivity index (χ4v) is 7.25. The van der Waals surface area contributed by atoms with Crippen molar-refractivity contribution in [3.63, 3.8) is 0 Å². The molecule has 0 fully saturated rings. The van der Waals surface area contributed by atoms with Crippen molar-refractivity contribution in [1.82, 2.24) is 0 Å². The molecule has 10 rings (SSSR count). The summed E-state index contributed by atoms with van der Waals surface area (Å²) in [7, 11) is 0. The lowest BCUT2D eigenvalue weighted by Gasteiger charge is -2.25. The van der Waals surface area contributed by atoms with Gasteiger partial charge >= 0.3 is 0 Å². The van der Waals surface area contributed by atoms with E-state index in [1.807, 2.05) is 24.3 Å². The Morgan fingerprint density at radius 1 is 0.260 bits per heavy atom. The molecule has 0 saturated carbocycles. The number of hydrogen-bond donors (Lipinski definition) is 0. The van der Waals surface area contributed by atoms with Crippen LogP contribution in [0.2, 0.25) is 0 Å². The Hall–Kier alpha value is -6.78. The van der Waals surface area contributed by atoms with Crippen LogP contribution in [0.25, 0.3) is 54.6 Å². The highest BCUT2D eigenvalue weighted by atomic mass is 16.3. The van der Waals surface area contributed by atoms with E-state index in [1.165, 1.54) is 0 Å². The van der Waals surface area contributed by atoms with E-state index in [0.717, 1.165) is 88.8 Å². The summed E-state index contributed by atoms with van der Waals surface area (Å²) in [5, 5.41) is 6.55. The zero-order valence-electron chi connectivity index (χ0n) is 27.0. The van der Waals surface area contributed by atoms with Crippen LogP contribution in [0.5, 0.6) is 0 Å². The van der Waals surface area contributed by atoms with Crippen LogP contribution in [0.1, 0.15) is 0 Å². The van der Waals surface area contributed by atoms with E-state index in [9.17, 15) is 0 Å². The van der Waals surface area contributed by atoms with Gasteiger partial charge in [0.15, 0.2) is 0 Å². The van der Waals surface area contributed by atoms with E-state index in [2.05, 4.69) is 168 Å². The zero-order valence-corrected chi connectivity index (χ0v) is 27.0. The maximum Gasteiger partial charge on any atom is 0.136 e. The van der Waals surface area contributed by atoms with E-state index in [4.69, 9.17) is 8.83 Å². The van der Waals surface area contributed by atoms with E-state index in [1.54, 1.807) is 0 Å². The first-order chi connectivity index (χ1) is 24.8. The number of furan rings is 2. The topological polar surface area (TPSA) is 32.8 Å². The number of rotatable bonds is 6. The van der Waals surface area contributed by atoms with Crippen molar-refractivity contribution >= 4 is 88.8 Å². The Bertz CT molecular complexity index is 2540. The van der Waals surface area contributed by atoms with Crippen LogP contribution >= 0.6 is 0 Å². The fourth-order valence-electron chi connectivity index (χ4n) is 7.25. The molecule has 50 heavy (non-hydrogen) atoms. The molecule has 4 heteroatoms. The third-order valence-corrected chi connectivity index (χ3v) is 9.56. The fraction of sp³-hybridized carbons (Fsp3) is 0. The summed E-state index contributed by atoms with van der Waals surface area (Å²) in [4.78, 5) is 4.57. The predicted molar refractivity (Wildman–Crippen MR) is 208 cm³/mol. The molecule has 0 saturated heterocycles. The van der Waals surface area contributed by atoms with E-state index in [0.29, 0.717) is 0 Å². The highest BCUT2D eigenvalue weighted by molar-refractivity contribution is 6.16. The highest BCUT2D eigenvalue weighted by Crippen LogP contribution is 2.42. The summed E-state index contributed by atoms with van der Waals surface area (Å²) in [6.45, 7) is 0. The standard InChI is InChI=1S/C46H30N2O2/c1-5-13-33(14-6-1)47(34-15-7-2-8-16-34)37-21-23-43-41(29-37)39-25-31-26-40-42-30-38(22-24-44(42)50-46(40)28-32(31)27-45(39)49-43)48(35-17-9-3-10-18-35)36-19-11-4-12-20-36/h1-30H. The van der Waals surface area contributed by atoms with E-state index < -0.39 is 0 Å². The van der Waals surface area contributed by atoms with E-state index >= 15 is 0 Å². The Kier molecular flexibility index (Phi) is 6.46. The third-order valence-electron chi connectivity index (χ3n) is 9.56. The molecule has 0 bridgehead atoms. The molecular formula is C46H30N2O2. The average molecular weight is 643 g/mol. The van der Waals surface area contributed by atoms with Gasteiger partial charge in [0.1, 0.15) is 22.3 Å². The lowest BCUT2D eigenvalue weighted by atomic mass is 10.0. The van der Waals surface area contributed by atoms with Crippen LogP contribution in [0, 0.1) is 0 Å². The van der Waals surface area contributed by atoms with Crippen molar-refractivity contribution in [1.29, 1.82) is 0 Å². The van der Waals surface area contributed by atoms with Crippen molar-refractivity contribution in [3.05, 3.63) is 182 Å². The van der Waals surface area contributed by atoms with Gasteiger partial charge in [-0.3, -0.25) is 0 Å². The summed E-state index contributed by atoms with van der Waals surface area (Å²) < 4.78 is 12.9. The molecule has 8 aromatic carbocycles. The second kappa shape index (κ2) is 11.4. The molecule has 0 radical (unpaired) electrons. The third kappa shape index (κ3) is 4.69. The first-order valence-electron chi connectivity index (χ1n) is 16.8. The Labute approximate surface area is 288 Å². The quantitative estimate of drug-likeness (QED) is 0.181. The van der Waals surface area contributed by atoms with Gasteiger partial charge in [0, 0.05) is 55.7 Å². The van der Waals surface area contributed by atoms with Crippen LogP contribution in [0.15, 0.2) is 191 Å². The largest absolute Gasteiger partial charge is 0.456 e. The van der Waals surface area contributed by atoms with Gasteiger partial charge in [0.2, 0.25) is 0 Å². The van der Waals surface area contributed by atoms with Crippen LogP contribution < -0.4 is 9.80 Å². The molecule has 236 valence electrons. The summed E-state index contributed by atoms with van der Waals surface area (Å²) in [5.74, 6) is 0. The molecule has 0 amide bonds. The van der Waals surface area contributed by atoms with Gasteiger partial charge in [-0.25, -0.2) is 0 Å². The first-order valence-corrected chi connectivity index (χ1v) is 16.8. The molecular weight excluding hydrogens is 613 g/mol. The maximum absolute atomic E-state index is 6.45. The molecule has 4 nitrogen and oxygen atoms in total. The normalized spacial score (nSPS) is 11.6. The van der Waals surface area contributed by atoms with Gasteiger partial charge in [-0.2, -0.15) is 0 Å². The lowest BCUT2D eigenvalue weighted by molar-refractivity contribution is 0.668. The van der Waals surface area contributed by atoms with E-state index in [-0.39, 0.29) is 0 Å². The minimum Gasteiger partial charge on any atom is -0.456 e. The summed E-state index contributed by atoms with van der Waals surface area (Å²) >= 11 is 0. The Morgan fingerprint density at radius 3 is 0.940 bits per heavy atom. The number of hydrogen-bond acceptors (Lipinski definition) is 4. The van der Waals surface area contributed by atoms with Gasteiger partial charge in [-0.1, -0.05) is 72.8 Å². The smallest absolute Gasteiger partial charge is 0.136 e. The van der Waals surface area contributed by atoms with Crippen LogP contribution in [-0.4, -0.2) is 0 Å². The van der Waals surface area contributed by atoms with Crippen LogP contribution in [0.3, 0.4) is 0 Å². The highest BCUT2D eigenvalue weighted by Gasteiger charge is 2.18. The molecule has 0 spiro atoms. The van der Waals surface area contributed by atoms with Crippen molar-refractivity contribution in [2.75, 3.05) is 9.80 Å². The van der Waals surface area contributed by atoms with Crippen LogP contribution in [-0.2, 0) is 0 Å². The second-order valence-electron chi connectivity index (χ2n) is 12.6. The zero-order chi connectivity index (χ0) is 33.0. The van der Waals surface area contributed by atoms with Crippen molar-refractivity contribution in [2.45, 2.75) is 0 Å². The number of fused-ring (bicyclic) bond motifs is 7. The predicted octanol–water partition coefficient (Wildman–Crippen LogP) is 13.6. The lowest BCUT2D eigenvalue weighted by Crippen LogP contribution is -2.09. The van der Waals surface area contributed by atoms with Gasteiger partial charge < -0.3 is 18.6 Å². The summed E-state index contributed by atoms with van der Waals surface area (Å²) in [6.07, 6.45) is 0. The number of nitrogens with zero attached hydrogens (tertiary/aromatic N) is 2. The maximum atomic E-state index is 6.45. The van der Waals surface area contributed by atoms with Gasteiger partial charge in [0.05, 0.1) is 0 Å². The molecule has 2 aromatic heterocycles. The van der Waals surface area contributed by atoms with Crippen molar-refractivity contribution in [2.24, 2.45) is 0 Å². The number of para-hydroxylation sites is 4. The molecule has 0 N–H and O–H groups in total. The minimum atomic E-state index is 0.856. The van der Waals surface area contributed by atoms with Gasteiger partial charge in [-0.05, 0) is 120 Å². The molecule has 0 aliphatic rings. The average Bonchev–Trinajstić information content (AvgIpc) is 3.71. The summed E-state index contributed by atoms with van der Waals surface area (Å²) in [5.41, 5.74) is 9.98. The molecule has 0 aliphatic carbocycles. The first kappa shape index (κ1) is 28.3. The number of benzene rings is 8. The second-order valence-corrected chi connectivity index (χ2v) is 12.6. The summed E-state index contributed by atoms with van der Waals surface area (Å²) in [6, 6.07) is 63.7. The number of anilines is 6. The molecule has 2 heterocycles. The van der Waals surface area contributed by atoms with Crippen LogP contribution in [0.4, 0.5) is 34.1 Å². The Balaban J connectivity index is 1.13. The molecule has 0 unspecified atom stereocenters. The van der Waals surface area contributed by atoms with Gasteiger partial charge in [0.25, 0.3) is 0 Å². The van der Waals surface area contributed by atoms with Gasteiger partial charge in [-0.15, -0.1) is 0 Å². The van der Waals surface area contributed by atoms with Crippen molar-refractivity contribution in [3.8, 4) is 0 Å². The molecule has 0 atom stereocenters. The Morgan fingerprint density at radius 2 is 0.580 bits per heavy atom. The minimum absolute atomic E-state index is 0.856. The molecule has 10 aromatic rings.